The Balaban J connectivity index is 1.42. The van der Waals surface area contributed by atoms with E-state index in [0.29, 0.717) is 5.92 Å². The van der Waals surface area contributed by atoms with Crippen molar-refractivity contribution < 1.29 is 9.59 Å². The van der Waals surface area contributed by atoms with Gasteiger partial charge in [-0.05, 0) is 49.4 Å². The molecular weight excluding hydrogens is 352 g/mol. The number of nitrogens with one attached hydrogen (secondary N) is 2. The molecule has 3 unspecified atom stereocenters. The van der Waals surface area contributed by atoms with E-state index in [1.54, 1.807) is 0 Å². The summed E-state index contributed by atoms with van der Waals surface area (Å²) in [5, 5.41) is 0. The number of carbonyl (C=O) groups excluding carboxylic acids is 2. The Morgan fingerprint density at radius 1 is 1.14 bits per heavy atom. The molecule has 0 radical (unpaired) electrons. The molecule has 6 nitrogen and oxygen atoms in total. The number of piperazine rings is 1. The van der Waals surface area contributed by atoms with Gasteiger partial charge in [0.2, 0.25) is 5.91 Å². The zero-order valence-electron chi connectivity index (χ0n) is 16.8. The average molecular weight is 385 g/mol. The molecule has 1 aromatic rings. The van der Waals surface area contributed by atoms with Crippen LogP contribution in [-0.2, 0) is 11.2 Å². The third-order valence-electron chi connectivity index (χ3n) is 6.79. The summed E-state index contributed by atoms with van der Waals surface area (Å²) in [4.78, 5) is 29.5. The topological polar surface area (TPSA) is 64.7 Å². The minimum absolute atomic E-state index is 0.137. The van der Waals surface area contributed by atoms with Crippen molar-refractivity contribution >= 4 is 11.8 Å². The van der Waals surface area contributed by atoms with Gasteiger partial charge in [-0.1, -0.05) is 31.9 Å². The van der Waals surface area contributed by atoms with Crippen LogP contribution >= 0.6 is 0 Å². The van der Waals surface area contributed by atoms with E-state index in [2.05, 4.69) is 28.7 Å². The molecule has 0 bridgehead atoms. The Morgan fingerprint density at radius 3 is 2.71 bits per heavy atom. The molecule has 0 aromatic heterocycles. The second kappa shape index (κ2) is 8.62. The summed E-state index contributed by atoms with van der Waals surface area (Å²) in [6, 6.07) is 8.30. The lowest BCUT2D eigenvalue weighted by Gasteiger charge is -2.41. The largest absolute Gasteiger partial charge is 0.336 e. The highest BCUT2D eigenvalue weighted by Crippen LogP contribution is 2.35. The Kier molecular flexibility index (Phi) is 5.97. The fourth-order valence-electron chi connectivity index (χ4n) is 5.07. The predicted octanol–water partition coefficient (Wildman–Crippen LogP) is 1.82. The first-order valence-corrected chi connectivity index (χ1v) is 10.8. The lowest BCUT2D eigenvalue weighted by Crippen LogP contribution is -2.60. The molecule has 28 heavy (non-hydrogen) atoms. The first-order chi connectivity index (χ1) is 13.7. The number of benzene rings is 1. The summed E-state index contributed by atoms with van der Waals surface area (Å²) >= 11 is 0. The van der Waals surface area contributed by atoms with Gasteiger partial charge in [0.1, 0.15) is 0 Å². The van der Waals surface area contributed by atoms with Crippen LogP contribution in [0.15, 0.2) is 24.3 Å². The van der Waals surface area contributed by atoms with E-state index in [4.69, 9.17) is 0 Å². The summed E-state index contributed by atoms with van der Waals surface area (Å²) < 4.78 is 0. The summed E-state index contributed by atoms with van der Waals surface area (Å²) in [5.74, 6) is 0.817. The van der Waals surface area contributed by atoms with E-state index in [0.717, 1.165) is 69.5 Å². The molecule has 1 saturated carbocycles. The number of hydrogen-bond donors (Lipinski definition) is 2. The molecule has 6 heteroatoms. The highest BCUT2D eigenvalue weighted by atomic mass is 16.2. The van der Waals surface area contributed by atoms with Gasteiger partial charge in [0.25, 0.3) is 5.91 Å². The Labute approximate surface area is 167 Å². The van der Waals surface area contributed by atoms with Crippen molar-refractivity contribution in [3.8, 4) is 0 Å². The molecule has 2 heterocycles. The van der Waals surface area contributed by atoms with E-state index in [9.17, 15) is 9.59 Å². The van der Waals surface area contributed by atoms with Gasteiger partial charge >= 0.3 is 0 Å². The number of hydrazine groups is 1. The minimum atomic E-state index is 0.137. The predicted molar refractivity (Wildman–Crippen MR) is 109 cm³/mol. The summed E-state index contributed by atoms with van der Waals surface area (Å²) in [6.07, 6.45) is 5.30. The summed E-state index contributed by atoms with van der Waals surface area (Å²) in [6.45, 7) is 6.73. The van der Waals surface area contributed by atoms with Crippen molar-refractivity contribution in [3.05, 3.63) is 35.4 Å². The van der Waals surface area contributed by atoms with Crippen LogP contribution in [0.2, 0.25) is 0 Å². The molecule has 2 aliphatic heterocycles. The average Bonchev–Trinajstić information content (AvgIpc) is 2.76. The van der Waals surface area contributed by atoms with Crippen LogP contribution in [0.4, 0.5) is 0 Å². The fourth-order valence-corrected chi connectivity index (χ4v) is 5.07. The van der Waals surface area contributed by atoms with Gasteiger partial charge in [0.05, 0.1) is 0 Å². The van der Waals surface area contributed by atoms with Crippen LogP contribution in [0.1, 0.15) is 48.5 Å². The molecule has 1 aliphatic carbocycles. The molecule has 1 aromatic carbocycles. The highest BCUT2D eigenvalue weighted by Gasteiger charge is 2.39. The number of rotatable bonds is 4. The maximum Gasteiger partial charge on any atom is 0.253 e. The molecule has 2 N–H and O–H groups in total. The molecule has 3 fully saturated rings. The van der Waals surface area contributed by atoms with Crippen LogP contribution < -0.4 is 10.9 Å². The zero-order chi connectivity index (χ0) is 19.5. The number of hydrogen-bond acceptors (Lipinski definition) is 4. The molecule has 4 rings (SSSR count). The first kappa shape index (κ1) is 19.4. The van der Waals surface area contributed by atoms with Crippen molar-refractivity contribution in [1.82, 2.24) is 20.7 Å². The maximum atomic E-state index is 12.9. The number of likely N-dealkylation sites (N-methyl/N-ethyl adjacent to an activating group) is 1. The van der Waals surface area contributed by atoms with Crippen molar-refractivity contribution in [2.24, 2.45) is 11.8 Å². The lowest BCUT2D eigenvalue weighted by atomic mass is 9.72. The van der Waals surface area contributed by atoms with E-state index in [-0.39, 0.29) is 23.8 Å². The smallest absolute Gasteiger partial charge is 0.253 e. The van der Waals surface area contributed by atoms with Gasteiger partial charge in [-0.25, -0.2) is 5.43 Å². The van der Waals surface area contributed by atoms with Gasteiger partial charge in [-0.15, -0.1) is 0 Å². The van der Waals surface area contributed by atoms with Crippen molar-refractivity contribution in [2.75, 3.05) is 32.7 Å². The van der Waals surface area contributed by atoms with Crippen LogP contribution in [0.5, 0.6) is 0 Å². The van der Waals surface area contributed by atoms with E-state index in [1.807, 2.05) is 23.1 Å². The molecule has 3 atom stereocenters. The van der Waals surface area contributed by atoms with Gasteiger partial charge in [-0.3, -0.25) is 15.0 Å². The van der Waals surface area contributed by atoms with E-state index >= 15 is 0 Å². The molecule has 152 valence electrons. The van der Waals surface area contributed by atoms with Crippen molar-refractivity contribution in [3.63, 3.8) is 0 Å². The lowest BCUT2D eigenvalue weighted by molar-refractivity contribution is -0.133. The first-order valence-electron chi connectivity index (χ1n) is 10.8. The third-order valence-corrected chi connectivity index (χ3v) is 6.79. The van der Waals surface area contributed by atoms with Crippen LogP contribution in [0, 0.1) is 11.8 Å². The molecule has 3 aliphatic rings. The van der Waals surface area contributed by atoms with E-state index < -0.39 is 0 Å². The minimum Gasteiger partial charge on any atom is -0.336 e. The summed E-state index contributed by atoms with van der Waals surface area (Å²) in [7, 11) is 0. The van der Waals surface area contributed by atoms with Crippen LogP contribution in [0.25, 0.3) is 0 Å². The standard InChI is InChI=1S/C22H32N4O2/c1-2-25-10-12-26(13-11-25)22(28)17-7-5-6-16(14-17)15-20-18-8-3-4-9-19(18)21(27)24-23-20/h5-7,14,18-20,23H,2-4,8-13,15H2,1H3,(H,24,27). The number of amides is 2. The number of fused-ring (bicyclic) bond motifs is 1. The monoisotopic (exact) mass is 384 g/mol. The number of carbonyl (C=O) groups is 2. The van der Waals surface area contributed by atoms with Crippen LogP contribution in [0.3, 0.4) is 0 Å². The molecule has 0 spiro atoms. The number of nitrogens with zero attached hydrogens (tertiary/aromatic N) is 2. The molecular formula is C22H32N4O2. The van der Waals surface area contributed by atoms with Gasteiger partial charge in [0.15, 0.2) is 0 Å². The molecule has 2 saturated heterocycles. The second-order valence-corrected chi connectivity index (χ2v) is 8.43. The van der Waals surface area contributed by atoms with Crippen molar-refractivity contribution in [2.45, 2.75) is 45.1 Å². The Bertz CT molecular complexity index is 714. The SMILES string of the molecule is CCN1CCN(C(=O)c2cccc(CC3NNC(=O)C4CCCCC34)c2)CC1. The fraction of sp³-hybridized carbons (Fsp3) is 0.636. The second-order valence-electron chi connectivity index (χ2n) is 8.43. The van der Waals surface area contributed by atoms with Gasteiger partial charge < -0.3 is 9.80 Å². The van der Waals surface area contributed by atoms with Gasteiger partial charge in [0, 0.05) is 43.7 Å². The Morgan fingerprint density at radius 2 is 1.93 bits per heavy atom. The van der Waals surface area contributed by atoms with Crippen LogP contribution in [-0.4, -0.2) is 60.4 Å². The Hall–Kier alpha value is -1.92. The quantitative estimate of drug-likeness (QED) is 0.831. The third kappa shape index (κ3) is 4.08. The zero-order valence-corrected chi connectivity index (χ0v) is 16.8. The van der Waals surface area contributed by atoms with Crippen molar-refractivity contribution in [1.29, 1.82) is 0 Å². The molecule has 2 amide bonds. The van der Waals surface area contributed by atoms with E-state index in [1.165, 1.54) is 6.42 Å². The highest BCUT2D eigenvalue weighted by molar-refractivity contribution is 5.94. The maximum absolute atomic E-state index is 12.9. The summed E-state index contributed by atoms with van der Waals surface area (Å²) in [5.41, 5.74) is 8.06. The van der Waals surface area contributed by atoms with Gasteiger partial charge in [-0.2, -0.15) is 0 Å². The normalized spacial score (nSPS) is 28.5.